The van der Waals surface area contributed by atoms with Crippen molar-refractivity contribution in [2.75, 3.05) is 17.7 Å². The van der Waals surface area contributed by atoms with Gasteiger partial charge < -0.3 is 21.3 Å². The standard InChI is InChI=1S/C23H28FN7O2/c1-13(2)29-19-9-20(31-21-18(24)8-14(10-25)11-28-21)27-12-17(19)23(33)30-16-6-4-15(5-7-16)22(32)26-3/h8-9,11-13,15-16H,4-7H2,1-3H3,(H,26,32)(H,30,33)(H2,27,28,29,31). The average Bonchev–Trinajstić information content (AvgIpc) is 2.80. The summed E-state index contributed by atoms with van der Waals surface area (Å²) in [4.78, 5) is 33.0. The van der Waals surface area contributed by atoms with E-state index in [2.05, 4.69) is 31.2 Å². The van der Waals surface area contributed by atoms with E-state index in [0.717, 1.165) is 31.7 Å². The van der Waals surface area contributed by atoms with Crippen LogP contribution in [0.2, 0.25) is 0 Å². The summed E-state index contributed by atoms with van der Waals surface area (Å²) in [6, 6.07) is 4.57. The summed E-state index contributed by atoms with van der Waals surface area (Å²) >= 11 is 0. The van der Waals surface area contributed by atoms with Gasteiger partial charge in [0, 0.05) is 43.5 Å². The summed E-state index contributed by atoms with van der Waals surface area (Å²) in [6.07, 6.45) is 5.61. The number of halogens is 1. The fraction of sp³-hybridized carbons (Fsp3) is 0.435. The molecule has 0 spiro atoms. The molecule has 1 aliphatic rings. The van der Waals surface area contributed by atoms with Crippen molar-refractivity contribution in [1.82, 2.24) is 20.6 Å². The minimum atomic E-state index is -0.677. The van der Waals surface area contributed by atoms with Gasteiger partial charge in [-0.05, 0) is 45.6 Å². The second-order valence-electron chi connectivity index (χ2n) is 8.34. The smallest absolute Gasteiger partial charge is 0.255 e. The van der Waals surface area contributed by atoms with Crippen molar-refractivity contribution in [3.63, 3.8) is 0 Å². The van der Waals surface area contributed by atoms with Gasteiger partial charge in [0.25, 0.3) is 5.91 Å². The van der Waals surface area contributed by atoms with E-state index in [9.17, 15) is 14.0 Å². The average molecular weight is 454 g/mol. The number of nitrogens with zero attached hydrogens (tertiary/aromatic N) is 3. The Bertz CT molecular complexity index is 1060. The van der Waals surface area contributed by atoms with Gasteiger partial charge in [-0.3, -0.25) is 9.59 Å². The van der Waals surface area contributed by atoms with Crippen LogP contribution in [-0.4, -0.2) is 40.9 Å². The molecule has 1 fully saturated rings. The normalized spacial score (nSPS) is 17.7. The maximum absolute atomic E-state index is 14.2. The van der Waals surface area contributed by atoms with Crippen LogP contribution >= 0.6 is 0 Å². The van der Waals surface area contributed by atoms with Gasteiger partial charge in [-0.25, -0.2) is 14.4 Å². The molecule has 0 saturated heterocycles. The van der Waals surface area contributed by atoms with Gasteiger partial charge in [-0.15, -0.1) is 0 Å². The number of carbonyl (C=O) groups is 2. The molecule has 0 aromatic carbocycles. The Morgan fingerprint density at radius 1 is 1.15 bits per heavy atom. The van der Waals surface area contributed by atoms with Crippen molar-refractivity contribution in [2.24, 2.45) is 5.92 Å². The van der Waals surface area contributed by atoms with Crippen LogP contribution in [0.3, 0.4) is 0 Å². The highest BCUT2D eigenvalue weighted by molar-refractivity contribution is 6.00. The number of aromatic nitrogens is 2. The van der Waals surface area contributed by atoms with Crippen molar-refractivity contribution < 1.29 is 14.0 Å². The number of amides is 2. The maximum atomic E-state index is 14.2. The van der Waals surface area contributed by atoms with Gasteiger partial charge in [0.2, 0.25) is 5.91 Å². The van der Waals surface area contributed by atoms with E-state index in [4.69, 9.17) is 5.26 Å². The zero-order chi connectivity index (χ0) is 24.0. The third-order valence-corrected chi connectivity index (χ3v) is 5.49. The first-order chi connectivity index (χ1) is 15.8. The molecule has 4 N–H and O–H groups in total. The van der Waals surface area contributed by atoms with Crippen LogP contribution in [0.5, 0.6) is 0 Å². The molecule has 2 heterocycles. The molecule has 2 amide bonds. The molecule has 174 valence electrons. The first kappa shape index (κ1) is 23.9. The van der Waals surface area contributed by atoms with E-state index in [1.807, 2.05) is 19.9 Å². The molecule has 0 aliphatic heterocycles. The molecule has 0 bridgehead atoms. The summed E-state index contributed by atoms with van der Waals surface area (Å²) in [7, 11) is 1.64. The molecule has 2 aromatic heterocycles. The van der Waals surface area contributed by atoms with E-state index >= 15 is 0 Å². The first-order valence-corrected chi connectivity index (χ1v) is 10.9. The van der Waals surface area contributed by atoms with Gasteiger partial charge in [-0.2, -0.15) is 5.26 Å². The molecule has 1 aliphatic carbocycles. The van der Waals surface area contributed by atoms with Crippen molar-refractivity contribution in [2.45, 2.75) is 51.6 Å². The van der Waals surface area contributed by atoms with Crippen LogP contribution < -0.4 is 21.3 Å². The number of pyridine rings is 2. The lowest BCUT2D eigenvalue weighted by Gasteiger charge is -2.28. The maximum Gasteiger partial charge on any atom is 0.255 e. The Morgan fingerprint density at radius 3 is 2.48 bits per heavy atom. The van der Waals surface area contributed by atoms with Crippen LogP contribution in [0, 0.1) is 23.1 Å². The van der Waals surface area contributed by atoms with Gasteiger partial charge in [0.05, 0.1) is 16.8 Å². The zero-order valence-corrected chi connectivity index (χ0v) is 18.9. The fourth-order valence-corrected chi connectivity index (χ4v) is 3.81. The van der Waals surface area contributed by atoms with E-state index in [-0.39, 0.29) is 41.2 Å². The van der Waals surface area contributed by atoms with E-state index in [1.165, 1.54) is 12.4 Å². The van der Waals surface area contributed by atoms with E-state index in [0.29, 0.717) is 17.1 Å². The second kappa shape index (κ2) is 10.7. The predicted molar refractivity (Wildman–Crippen MR) is 122 cm³/mol. The largest absolute Gasteiger partial charge is 0.382 e. The molecule has 33 heavy (non-hydrogen) atoms. The Kier molecular flexibility index (Phi) is 7.77. The summed E-state index contributed by atoms with van der Waals surface area (Å²) in [5.41, 5.74) is 1.04. The van der Waals surface area contributed by atoms with E-state index < -0.39 is 5.82 Å². The summed E-state index contributed by atoms with van der Waals surface area (Å²) in [5, 5.41) is 20.6. The highest BCUT2D eigenvalue weighted by atomic mass is 19.1. The molecule has 0 radical (unpaired) electrons. The fourth-order valence-electron chi connectivity index (χ4n) is 3.81. The summed E-state index contributed by atoms with van der Waals surface area (Å²) in [5.74, 6) is -0.668. The Hall–Kier alpha value is -3.74. The van der Waals surface area contributed by atoms with Crippen LogP contribution in [0.4, 0.5) is 21.7 Å². The molecule has 3 rings (SSSR count). The zero-order valence-electron chi connectivity index (χ0n) is 18.9. The highest BCUT2D eigenvalue weighted by Gasteiger charge is 2.27. The Morgan fingerprint density at radius 2 is 1.88 bits per heavy atom. The molecule has 9 nitrogen and oxygen atoms in total. The van der Waals surface area contributed by atoms with Crippen LogP contribution in [0.25, 0.3) is 0 Å². The topological polar surface area (TPSA) is 132 Å². The van der Waals surface area contributed by atoms with E-state index in [1.54, 1.807) is 13.1 Å². The van der Waals surface area contributed by atoms with Crippen molar-refractivity contribution in [3.05, 3.63) is 41.5 Å². The molecule has 10 heteroatoms. The first-order valence-electron chi connectivity index (χ1n) is 10.9. The number of rotatable bonds is 7. The number of nitrogens with one attached hydrogen (secondary N) is 4. The molecular formula is C23H28FN7O2. The molecule has 1 saturated carbocycles. The monoisotopic (exact) mass is 453 g/mol. The quantitative estimate of drug-likeness (QED) is 0.506. The van der Waals surface area contributed by atoms with Crippen LogP contribution in [0.1, 0.15) is 55.5 Å². The number of hydrogen-bond donors (Lipinski definition) is 4. The number of anilines is 3. The second-order valence-corrected chi connectivity index (χ2v) is 8.34. The SMILES string of the molecule is CNC(=O)C1CCC(NC(=O)c2cnc(Nc3ncc(C#N)cc3F)cc2NC(C)C)CC1. The molecule has 0 unspecified atom stereocenters. The highest BCUT2D eigenvalue weighted by Crippen LogP contribution is 2.26. The van der Waals surface area contributed by atoms with Crippen molar-refractivity contribution in [1.29, 1.82) is 5.26 Å². The Labute approximate surface area is 192 Å². The summed E-state index contributed by atoms with van der Waals surface area (Å²) < 4.78 is 14.2. The number of carbonyl (C=O) groups excluding carboxylic acids is 2. The minimum absolute atomic E-state index is 0.00965. The van der Waals surface area contributed by atoms with Crippen LogP contribution in [-0.2, 0) is 4.79 Å². The molecule has 2 aromatic rings. The van der Waals surface area contributed by atoms with Gasteiger partial charge in [0.1, 0.15) is 11.9 Å². The van der Waals surface area contributed by atoms with Gasteiger partial charge in [0.15, 0.2) is 11.6 Å². The molecular weight excluding hydrogens is 425 g/mol. The van der Waals surface area contributed by atoms with Crippen molar-refractivity contribution >= 4 is 29.1 Å². The molecule has 0 atom stereocenters. The lowest BCUT2D eigenvalue weighted by Crippen LogP contribution is -2.40. The number of hydrogen-bond acceptors (Lipinski definition) is 7. The predicted octanol–water partition coefficient (Wildman–Crippen LogP) is 3.09. The van der Waals surface area contributed by atoms with Crippen LogP contribution in [0.15, 0.2) is 24.5 Å². The van der Waals surface area contributed by atoms with Gasteiger partial charge >= 0.3 is 0 Å². The summed E-state index contributed by atoms with van der Waals surface area (Å²) in [6.45, 7) is 3.88. The minimum Gasteiger partial charge on any atom is -0.382 e. The lowest BCUT2D eigenvalue weighted by atomic mass is 9.85. The third kappa shape index (κ3) is 6.16. The van der Waals surface area contributed by atoms with Crippen molar-refractivity contribution in [3.8, 4) is 6.07 Å². The van der Waals surface area contributed by atoms with Gasteiger partial charge in [-0.1, -0.05) is 0 Å². The number of nitriles is 1. The lowest BCUT2D eigenvalue weighted by molar-refractivity contribution is -0.125. The Balaban J connectivity index is 1.73. The third-order valence-electron chi connectivity index (χ3n) is 5.49.